The Balaban J connectivity index is 2.32. The van der Waals surface area contributed by atoms with E-state index in [1.807, 2.05) is 24.3 Å². The van der Waals surface area contributed by atoms with Gasteiger partial charge in [0.05, 0.1) is 7.11 Å². The minimum Gasteiger partial charge on any atom is -0.497 e. The minimum atomic E-state index is -1.00. The lowest BCUT2D eigenvalue weighted by Gasteiger charge is -2.12. The third kappa shape index (κ3) is 5.97. The summed E-state index contributed by atoms with van der Waals surface area (Å²) in [6, 6.07) is 6.95. The van der Waals surface area contributed by atoms with Crippen LogP contribution in [0.15, 0.2) is 24.3 Å². The number of ether oxygens (including phenoxy) is 1. The van der Waals surface area contributed by atoms with Gasteiger partial charge in [-0.05, 0) is 29.9 Å². The summed E-state index contributed by atoms with van der Waals surface area (Å²) in [5, 5.41) is 11.4. The Morgan fingerprint density at radius 2 is 2.00 bits per heavy atom. The monoisotopic (exact) mass is 297 g/mol. The summed E-state index contributed by atoms with van der Waals surface area (Å²) in [4.78, 5) is 21.8. The van der Waals surface area contributed by atoms with Gasteiger partial charge in [0.2, 0.25) is 5.91 Å². The number of rotatable bonds is 8. The van der Waals surface area contributed by atoms with E-state index in [9.17, 15) is 9.59 Å². The van der Waals surface area contributed by atoms with E-state index in [2.05, 4.69) is 5.32 Å². The quantitative estimate of drug-likeness (QED) is 0.712. The molecule has 0 saturated heterocycles. The van der Waals surface area contributed by atoms with Crippen molar-refractivity contribution in [3.05, 3.63) is 29.8 Å². The van der Waals surface area contributed by atoms with E-state index < -0.39 is 12.0 Å². The molecule has 5 nitrogen and oxygen atoms in total. The van der Waals surface area contributed by atoms with E-state index in [0.29, 0.717) is 5.75 Å². The highest BCUT2D eigenvalue weighted by Crippen LogP contribution is 2.14. The zero-order valence-corrected chi connectivity index (χ0v) is 12.4. The zero-order valence-electron chi connectivity index (χ0n) is 11.6. The number of carbonyl (C=O) groups is 2. The molecule has 1 aromatic carbocycles. The van der Waals surface area contributed by atoms with Gasteiger partial charge in [-0.25, -0.2) is 4.79 Å². The maximum Gasteiger partial charge on any atom is 0.327 e. The Morgan fingerprint density at radius 1 is 1.35 bits per heavy atom. The largest absolute Gasteiger partial charge is 0.497 e. The first-order chi connectivity index (χ1) is 9.52. The lowest BCUT2D eigenvalue weighted by molar-refractivity contribution is -0.140. The van der Waals surface area contributed by atoms with Gasteiger partial charge in [-0.1, -0.05) is 12.1 Å². The summed E-state index contributed by atoms with van der Waals surface area (Å²) in [5.74, 6) is 0.657. The molecule has 0 fully saturated rings. The first kappa shape index (κ1) is 16.4. The van der Waals surface area contributed by atoms with Crippen LogP contribution >= 0.6 is 11.8 Å². The molecule has 2 N–H and O–H groups in total. The van der Waals surface area contributed by atoms with Crippen molar-refractivity contribution in [2.75, 3.05) is 18.6 Å². The van der Waals surface area contributed by atoms with Gasteiger partial charge in [0, 0.05) is 12.7 Å². The van der Waals surface area contributed by atoms with Crippen molar-refractivity contribution in [2.45, 2.75) is 19.4 Å². The van der Waals surface area contributed by atoms with Crippen LogP contribution in [0.3, 0.4) is 0 Å². The molecule has 0 radical (unpaired) electrons. The molecule has 110 valence electrons. The van der Waals surface area contributed by atoms with E-state index in [1.165, 1.54) is 24.2 Å². The fourth-order valence-corrected chi connectivity index (χ4v) is 2.61. The van der Waals surface area contributed by atoms with E-state index >= 15 is 0 Å². The lowest BCUT2D eigenvalue weighted by atomic mass is 10.2. The summed E-state index contributed by atoms with van der Waals surface area (Å²) in [7, 11) is 1.62. The SMILES string of the molecule is COc1ccc(CCSC[C@H](NC(C)=O)C(=O)O)cc1. The zero-order chi connectivity index (χ0) is 15.0. The third-order valence-corrected chi connectivity index (χ3v) is 3.72. The Hall–Kier alpha value is -1.69. The Kier molecular flexibility index (Phi) is 6.93. The van der Waals surface area contributed by atoms with Gasteiger partial charge in [0.25, 0.3) is 0 Å². The number of hydrogen-bond donors (Lipinski definition) is 2. The smallest absolute Gasteiger partial charge is 0.327 e. The van der Waals surface area contributed by atoms with E-state index in [0.717, 1.165) is 17.9 Å². The predicted molar refractivity (Wildman–Crippen MR) is 79.3 cm³/mol. The van der Waals surface area contributed by atoms with Crippen LogP contribution in [0.1, 0.15) is 12.5 Å². The van der Waals surface area contributed by atoms with Crippen molar-refractivity contribution in [1.82, 2.24) is 5.32 Å². The normalized spacial score (nSPS) is 11.7. The van der Waals surface area contributed by atoms with Gasteiger partial charge in [-0.3, -0.25) is 4.79 Å². The highest BCUT2D eigenvalue weighted by atomic mass is 32.2. The Bertz CT molecular complexity index is 447. The second-order valence-corrected chi connectivity index (χ2v) is 5.41. The predicted octanol–water partition coefficient (Wildman–Crippen LogP) is 1.56. The molecule has 1 aromatic rings. The molecule has 1 rings (SSSR count). The molecule has 1 atom stereocenters. The lowest BCUT2D eigenvalue weighted by Crippen LogP contribution is -2.41. The average molecular weight is 297 g/mol. The maximum atomic E-state index is 10.9. The van der Waals surface area contributed by atoms with Crippen molar-refractivity contribution in [3.8, 4) is 5.75 Å². The van der Waals surface area contributed by atoms with Crippen molar-refractivity contribution in [2.24, 2.45) is 0 Å². The maximum absolute atomic E-state index is 10.9. The molecular weight excluding hydrogens is 278 g/mol. The van der Waals surface area contributed by atoms with E-state index in [-0.39, 0.29) is 5.91 Å². The highest BCUT2D eigenvalue weighted by molar-refractivity contribution is 7.99. The molecule has 0 aliphatic rings. The molecule has 0 aliphatic carbocycles. The second-order valence-electron chi connectivity index (χ2n) is 4.26. The van der Waals surface area contributed by atoms with Crippen molar-refractivity contribution >= 4 is 23.6 Å². The van der Waals surface area contributed by atoms with Crippen LogP contribution in [0.4, 0.5) is 0 Å². The molecule has 0 saturated carbocycles. The summed E-state index contributed by atoms with van der Waals surface area (Å²) >= 11 is 1.51. The fraction of sp³-hybridized carbons (Fsp3) is 0.429. The van der Waals surface area contributed by atoms with Gasteiger partial charge in [-0.15, -0.1) is 0 Å². The highest BCUT2D eigenvalue weighted by Gasteiger charge is 2.17. The average Bonchev–Trinajstić information content (AvgIpc) is 2.42. The Labute approximate surface area is 122 Å². The molecular formula is C14H19NO4S. The molecule has 0 heterocycles. The van der Waals surface area contributed by atoms with Crippen LogP contribution in [0.5, 0.6) is 5.75 Å². The van der Waals surface area contributed by atoms with Gasteiger partial charge >= 0.3 is 5.97 Å². The number of thioether (sulfide) groups is 1. The van der Waals surface area contributed by atoms with Crippen molar-refractivity contribution in [1.29, 1.82) is 0 Å². The van der Waals surface area contributed by atoms with E-state index in [1.54, 1.807) is 7.11 Å². The summed E-state index contributed by atoms with van der Waals surface area (Å²) in [6.45, 7) is 1.32. The number of carbonyl (C=O) groups excluding carboxylic acids is 1. The molecule has 0 aromatic heterocycles. The number of aliphatic carboxylic acids is 1. The van der Waals surface area contributed by atoms with Crippen LogP contribution in [-0.2, 0) is 16.0 Å². The van der Waals surface area contributed by atoms with Crippen LogP contribution in [0, 0.1) is 0 Å². The Morgan fingerprint density at radius 3 is 2.50 bits per heavy atom. The summed E-state index contributed by atoms with van der Waals surface area (Å²) in [6.07, 6.45) is 0.848. The number of amides is 1. The number of carboxylic acid groups (broad SMARTS) is 1. The first-order valence-corrected chi connectivity index (χ1v) is 7.39. The van der Waals surface area contributed by atoms with Crippen molar-refractivity contribution in [3.63, 3.8) is 0 Å². The standard InChI is InChI=1S/C14H19NO4S/c1-10(16)15-13(14(17)18)9-20-8-7-11-3-5-12(19-2)6-4-11/h3-6,13H,7-9H2,1-2H3,(H,15,16)(H,17,18)/t13-/m0/s1. The first-order valence-electron chi connectivity index (χ1n) is 6.23. The van der Waals surface area contributed by atoms with Crippen LogP contribution in [0.2, 0.25) is 0 Å². The number of nitrogens with one attached hydrogen (secondary N) is 1. The number of hydrogen-bond acceptors (Lipinski definition) is 4. The van der Waals surface area contributed by atoms with Crippen LogP contribution in [-0.4, -0.2) is 41.6 Å². The molecule has 0 unspecified atom stereocenters. The van der Waals surface area contributed by atoms with Crippen molar-refractivity contribution < 1.29 is 19.4 Å². The number of carboxylic acids is 1. The van der Waals surface area contributed by atoms with Gasteiger partial charge in [0.15, 0.2) is 0 Å². The molecule has 6 heteroatoms. The fourth-order valence-electron chi connectivity index (χ4n) is 1.60. The number of methoxy groups -OCH3 is 1. The summed E-state index contributed by atoms with van der Waals surface area (Å²) < 4.78 is 5.08. The van der Waals surface area contributed by atoms with E-state index in [4.69, 9.17) is 9.84 Å². The molecule has 0 aliphatic heterocycles. The minimum absolute atomic E-state index is 0.326. The molecule has 20 heavy (non-hydrogen) atoms. The van der Waals surface area contributed by atoms with Gasteiger partial charge in [-0.2, -0.15) is 11.8 Å². The van der Waals surface area contributed by atoms with Crippen LogP contribution in [0.25, 0.3) is 0 Å². The van der Waals surface area contributed by atoms with Gasteiger partial charge < -0.3 is 15.2 Å². The summed E-state index contributed by atoms with van der Waals surface area (Å²) in [5.41, 5.74) is 1.17. The number of benzene rings is 1. The second kappa shape index (κ2) is 8.47. The van der Waals surface area contributed by atoms with Gasteiger partial charge in [0.1, 0.15) is 11.8 Å². The number of aryl methyl sites for hydroxylation is 1. The molecule has 0 bridgehead atoms. The third-order valence-electron chi connectivity index (χ3n) is 2.65. The molecule has 0 spiro atoms. The molecule has 1 amide bonds. The van der Waals surface area contributed by atoms with Crippen LogP contribution < -0.4 is 10.1 Å². The topological polar surface area (TPSA) is 75.6 Å².